The predicted molar refractivity (Wildman–Crippen MR) is 113 cm³/mol. The van der Waals surface area contributed by atoms with Crippen molar-refractivity contribution >= 4 is 38.2 Å². The molecule has 0 aliphatic heterocycles. The lowest BCUT2D eigenvalue weighted by atomic mass is 10.2. The third-order valence-electron chi connectivity index (χ3n) is 4.57. The molecule has 9 heteroatoms. The molecule has 2 aromatic carbocycles. The van der Waals surface area contributed by atoms with Crippen molar-refractivity contribution in [2.45, 2.75) is 18.4 Å². The van der Waals surface area contributed by atoms with E-state index in [1.54, 1.807) is 42.1 Å². The minimum absolute atomic E-state index is 0.0896. The summed E-state index contributed by atoms with van der Waals surface area (Å²) in [6.07, 6.45) is 1.68. The van der Waals surface area contributed by atoms with Crippen molar-refractivity contribution in [3.8, 4) is 0 Å². The summed E-state index contributed by atoms with van der Waals surface area (Å²) in [5.74, 6) is 0. The zero-order valence-corrected chi connectivity index (χ0v) is 17.0. The Kier molecular flexibility index (Phi) is 4.89. The van der Waals surface area contributed by atoms with Crippen LogP contribution in [0.15, 0.2) is 70.5 Å². The van der Waals surface area contributed by atoms with Crippen molar-refractivity contribution in [2.75, 3.05) is 4.72 Å². The van der Waals surface area contributed by atoms with E-state index in [0.717, 1.165) is 5.69 Å². The lowest BCUT2D eigenvalue weighted by molar-refractivity contribution is 0.600. The Morgan fingerprint density at radius 1 is 1.14 bits per heavy atom. The van der Waals surface area contributed by atoms with Gasteiger partial charge in [-0.2, -0.15) is 0 Å². The molecule has 7 nitrogen and oxygen atoms in total. The molecule has 0 spiro atoms. The summed E-state index contributed by atoms with van der Waals surface area (Å²) < 4.78 is 29.7. The monoisotopic (exact) mass is 428 g/mol. The SMILES string of the molecule is Cc1c(Cl)cccc1S(=O)(=O)Nc1ccc2c(c1)c(=O)[nH]n2Cc1ccccn1. The van der Waals surface area contributed by atoms with E-state index in [1.165, 1.54) is 12.1 Å². The molecule has 0 aliphatic carbocycles. The quantitative estimate of drug-likeness (QED) is 0.508. The first-order chi connectivity index (χ1) is 13.8. The molecule has 0 saturated heterocycles. The number of nitrogens with zero attached hydrogens (tertiary/aromatic N) is 2. The molecule has 0 saturated carbocycles. The van der Waals surface area contributed by atoms with E-state index in [0.29, 0.717) is 28.0 Å². The van der Waals surface area contributed by atoms with Crippen LogP contribution < -0.4 is 10.3 Å². The average Bonchev–Trinajstić information content (AvgIpc) is 2.99. The van der Waals surface area contributed by atoms with Gasteiger partial charge < -0.3 is 0 Å². The van der Waals surface area contributed by atoms with Crippen LogP contribution in [0.25, 0.3) is 10.9 Å². The summed E-state index contributed by atoms with van der Waals surface area (Å²) in [5, 5.41) is 3.51. The standard InChI is InChI=1S/C20H17ClN4O3S/c1-13-17(21)6-4-7-19(13)29(27,28)24-14-8-9-18-16(11-14)20(26)23-25(18)12-15-5-2-3-10-22-15/h2-11,24H,12H2,1H3,(H,23,26). The third-order valence-corrected chi connectivity index (χ3v) is 6.51. The number of aromatic nitrogens is 3. The molecule has 4 aromatic rings. The summed E-state index contributed by atoms with van der Waals surface area (Å²) in [7, 11) is -3.85. The summed E-state index contributed by atoms with van der Waals surface area (Å²) in [5.41, 5.74) is 1.89. The van der Waals surface area contributed by atoms with Crippen LogP contribution >= 0.6 is 11.6 Å². The maximum absolute atomic E-state index is 12.8. The molecule has 29 heavy (non-hydrogen) atoms. The van der Waals surface area contributed by atoms with Crippen LogP contribution in [0.4, 0.5) is 5.69 Å². The molecule has 0 unspecified atom stereocenters. The Hall–Kier alpha value is -3.10. The second-order valence-electron chi connectivity index (χ2n) is 6.55. The lowest BCUT2D eigenvalue weighted by Crippen LogP contribution is -2.14. The molecule has 0 atom stereocenters. The number of aromatic amines is 1. The number of rotatable bonds is 5. The second kappa shape index (κ2) is 7.38. The molecule has 0 radical (unpaired) electrons. The molecular formula is C20H17ClN4O3S. The Labute approximate surface area is 172 Å². The van der Waals surface area contributed by atoms with E-state index in [1.807, 2.05) is 18.2 Å². The van der Waals surface area contributed by atoms with Gasteiger partial charge in [-0.05, 0) is 55.0 Å². The van der Waals surface area contributed by atoms with E-state index >= 15 is 0 Å². The molecule has 2 N–H and O–H groups in total. The maximum Gasteiger partial charge on any atom is 0.272 e. The van der Waals surface area contributed by atoms with Crippen LogP contribution in [0.1, 0.15) is 11.3 Å². The van der Waals surface area contributed by atoms with Crippen LogP contribution in [0, 0.1) is 6.92 Å². The number of pyridine rings is 1. The van der Waals surface area contributed by atoms with Gasteiger partial charge in [-0.1, -0.05) is 23.7 Å². The van der Waals surface area contributed by atoms with Gasteiger partial charge in [0.15, 0.2) is 0 Å². The number of halogens is 1. The number of H-pyrrole nitrogens is 1. The molecule has 0 bridgehead atoms. The first-order valence-electron chi connectivity index (χ1n) is 8.75. The normalized spacial score (nSPS) is 11.7. The van der Waals surface area contributed by atoms with Gasteiger partial charge in [-0.3, -0.25) is 24.3 Å². The van der Waals surface area contributed by atoms with Crippen LogP contribution in [-0.4, -0.2) is 23.2 Å². The zero-order chi connectivity index (χ0) is 20.6. The number of nitrogens with one attached hydrogen (secondary N) is 2. The van der Waals surface area contributed by atoms with E-state index in [2.05, 4.69) is 14.8 Å². The molecule has 148 valence electrons. The van der Waals surface area contributed by atoms with Gasteiger partial charge in [0.2, 0.25) is 0 Å². The van der Waals surface area contributed by atoms with E-state index in [-0.39, 0.29) is 16.1 Å². The Morgan fingerprint density at radius 3 is 2.72 bits per heavy atom. The largest absolute Gasteiger partial charge is 0.280 e. The van der Waals surface area contributed by atoms with Crippen molar-refractivity contribution in [2.24, 2.45) is 0 Å². The van der Waals surface area contributed by atoms with Gasteiger partial charge in [0.1, 0.15) is 0 Å². The average molecular weight is 429 g/mol. The molecule has 4 rings (SSSR count). The molecule has 0 amide bonds. The van der Waals surface area contributed by atoms with Crippen LogP contribution in [0.3, 0.4) is 0 Å². The fourth-order valence-corrected chi connectivity index (χ4v) is 4.68. The van der Waals surface area contributed by atoms with Gasteiger partial charge in [0, 0.05) is 16.9 Å². The Balaban J connectivity index is 1.69. The van der Waals surface area contributed by atoms with Crippen molar-refractivity contribution < 1.29 is 8.42 Å². The smallest absolute Gasteiger partial charge is 0.272 e. The highest BCUT2D eigenvalue weighted by Gasteiger charge is 2.19. The molecule has 2 aromatic heterocycles. The van der Waals surface area contributed by atoms with Crippen molar-refractivity contribution in [3.63, 3.8) is 0 Å². The van der Waals surface area contributed by atoms with Gasteiger partial charge in [-0.25, -0.2) is 8.42 Å². The number of hydrogen-bond donors (Lipinski definition) is 2. The lowest BCUT2D eigenvalue weighted by Gasteiger charge is -2.11. The van der Waals surface area contributed by atoms with Gasteiger partial charge in [0.05, 0.1) is 28.0 Å². The van der Waals surface area contributed by atoms with Crippen LogP contribution in [-0.2, 0) is 16.6 Å². The minimum atomic E-state index is -3.85. The highest BCUT2D eigenvalue weighted by molar-refractivity contribution is 7.92. The Bertz CT molecular complexity index is 1360. The predicted octanol–water partition coefficient (Wildman–Crippen LogP) is 3.54. The summed E-state index contributed by atoms with van der Waals surface area (Å²) in [6.45, 7) is 2.04. The number of sulfonamides is 1. The Morgan fingerprint density at radius 2 is 1.97 bits per heavy atom. The maximum atomic E-state index is 12.8. The van der Waals surface area contributed by atoms with Gasteiger partial charge >= 0.3 is 0 Å². The van der Waals surface area contributed by atoms with Crippen molar-refractivity contribution in [3.05, 3.63) is 87.4 Å². The van der Waals surface area contributed by atoms with Crippen molar-refractivity contribution in [1.82, 2.24) is 14.8 Å². The highest BCUT2D eigenvalue weighted by Crippen LogP contribution is 2.25. The molecular weight excluding hydrogens is 412 g/mol. The topological polar surface area (TPSA) is 96.9 Å². The summed E-state index contributed by atoms with van der Waals surface area (Å²) in [6, 6.07) is 15.1. The fourth-order valence-electron chi connectivity index (χ4n) is 3.13. The second-order valence-corrected chi connectivity index (χ2v) is 8.61. The molecule has 2 heterocycles. The molecule has 0 aliphatic rings. The minimum Gasteiger partial charge on any atom is -0.280 e. The molecule has 0 fully saturated rings. The number of fused-ring (bicyclic) bond motifs is 1. The first-order valence-corrected chi connectivity index (χ1v) is 10.6. The first kappa shape index (κ1) is 19.2. The van der Waals surface area contributed by atoms with Crippen LogP contribution in [0.2, 0.25) is 5.02 Å². The highest BCUT2D eigenvalue weighted by atomic mass is 35.5. The third kappa shape index (κ3) is 3.76. The fraction of sp³-hybridized carbons (Fsp3) is 0.100. The number of hydrogen-bond acceptors (Lipinski definition) is 4. The zero-order valence-electron chi connectivity index (χ0n) is 15.4. The number of benzene rings is 2. The summed E-state index contributed by atoms with van der Waals surface area (Å²) in [4.78, 5) is 16.7. The van der Waals surface area contributed by atoms with Crippen molar-refractivity contribution in [1.29, 1.82) is 0 Å². The van der Waals surface area contributed by atoms with Gasteiger partial charge in [-0.15, -0.1) is 0 Å². The van der Waals surface area contributed by atoms with E-state index in [4.69, 9.17) is 11.6 Å². The van der Waals surface area contributed by atoms with E-state index in [9.17, 15) is 13.2 Å². The van der Waals surface area contributed by atoms with Crippen LogP contribution in [0.5, 0.6) is 0 Å². The summed E-state index contributed by atoms with van der Waals surface area (Å²) >= 11 is 6.05. The van der Waals surface area contributed by atoms with Gasteiger partial charge in [0.25, 0.3) is 15.6 Å². The number of anilines is 1. The van der Waals surface area contributed by atoms with E-state index < -0.39 is 10.0 Å².